The lowest BCUT2D eigenvalue weighted by molar-refractivity contribution is 0.419. The average molecular weight is 237 g/mol. The minimum absolute atomic E-state index is 0.0438. The molecule has 2 aromatic heterocycles. The van der Waals surface area contributed by atoms with Crippen molar-refractivity contribution in [2.45, 2.75) is 19.9 Å². The Balaban J connectivity index is 2.22. The number of rotatable bonds is 3. The molecule has 7 heteroatoms. The number of nitrogens with zero attached hydrogens (tertiary/aromatic N) is 4. The lowest BCUT2D eigenvalue weighted by atomic mass is 10.4. The summed E-state index contributed by atoms with van der Waals surface area (Å²) in [5.41, 5.74) is 5.34. The first-order valence-electron chi connectivity index (χ1n) is 5.06. The van der Waals surface area contributed by atoms with Gasteiger partial charge in [0.2, 0.25) is 11.8 Å². The topological polar surface area (TPSA) is 78.9 Å². The maximum Gasteiger partial charge on any atom is 0.260 e. The molecule has 0 aliphatic carbocycles. The fraction of sp³-hybridized carbons (Fsp3) is 0.300. The standard InChI is InChI=1S/C10H12FN5O/c1-6(2)16-5-7(3-14-16)17-9-8(11)4-13-10(12)15-9/h3-6H,1-2H3,(H2,12,13,15). The number of hydrogen-bond donors (Lipinski definition) is 1. The van der Waals surface area contributed by atoms with Crippen LogP contribution in [0.4, 0.5) is 10.3 Å². The van der Waals surface area contributed by atoms with Crippen molar-refractivity contribution < 1.29 is 9.13 Å². The largest absolute Gasteiger partial charge is 0.433 e. The molecule has 0 aliphatic rings. The van der Waals surface area contributed by atoms with Gasteiger partial charge < -0.3 is 10.5 Å². The molecule has 0 aliphatic heterocycles. The van der Waals surface area contributed by atoms with Crippen LogP contribution in [0.15, 0.2) is 18.6 Å². The predicted octanol–water partition coefficient (Wildman–Crippen LogP) is 1.77. The minimum atomic E-state index is -0.670. The molecule has 0 fully saturated rings. The average Bonchev–Trinajstić information content (AvgIpc) is 2.72. The van der Waals surface area contributed by atoms with Gasteiger partial charge in [0.1, 0.15) is 0 Å². The van der Waals surface area contributed by atoms with Gasteiger partial charge in [0, 0.05) is 6.04 Å². The third-order valence-electron chi connectivity index (χ3n) is 2.05. The first-order valence-corrected chi connectivity index (χ1v) is 5.06. The Morgan fingerprint density at radius 1 is 1.41 bits per heavy atom. The molecule has 0 saturated carbocycles. The lowest BCUT2D eigenvalue weighted by Gasteiger charge is -2.04. The third kappa shape index (κ3) is 2.49. The smallest absolute Gasteiger partial charge is 0.260 e. The molecule has 17 heavy (non-hydrogen) atoms. The molecule has 0 bridgehead atoms. The Morgan fingerprint density at radius 3 is 2.82 bits per heavy atom. The molecule has 0 radical (unpaired) electrons. The molecule has 0 amide bonds. The normalized spacial score (nSPS) is 10.8. The molecule has 2 heterocycles. The molecule has 0 aromatic carbocycles. The van der Waals surface area contributed by atoms with Crippen LogP contribution in [0.1, 0.15) is 19.9 Å². The molecular formula is C10H12FN5O. The van der Waals surface area contributed by atoms with Gasteiger partial charge in [-0.3, -0.25) is 4.68 Å². The minimum Gasteiger partial charge on any atom is -0.433 e. The predicted molar refractivity (Wildman–Crippen MR) is 59.1 cm³/mol. The molecule has 90 valence electrons. The molecule has 2 N–H and O–H groups in total. The zero-order valence-electron chi connectivity index (χ0n) is 9.46. The van der Waals surface area contributed by atoms with E-state index in [9.17, 15) is 4.39 Å². The summed E-state index contributed by atoms with van der Waals surface area (Å²) in [5, 5.41) is 4.06. The van der Waals surface area contributed by atoms with Gasteiger partial charge >= 0.3 is 0 Å². The van der Waals surface area contributed by atoms with Crippen molar-refractivity contribution >= 4 is 5.95 Å². The second kappa shape index (κ2) is 4.36. The van der Waals surface area contributed by atoms with Crippen molar-refractivity contribution in [3.05, 3.63) is 24.4 Å². The Kier molecular flexibility index (Phi) is 2.90. The van der Waals surface area contributed by atoms with Gasteiger partial charge in [0.05, 0.1) is 18.6 Å². The Hall–Kier alpha value is -2.18. The van der Waals surface area contributed by atoms with Crippen molar-refractivity contribution in [3.63, 3.8) is 0 Å². The summed E-state index contributed by atoms with van der Waals surface area (Å²) in [7, 11) is 0. The zero-order valence-corrected chi connectivity index (χ0v) is 9.46. The number of halogens is 1. The Bertz CT molecular complexity index is 525. The first-order chi connectivity index (χ1) is 8.06. The highest BCUT2D eigenvalue weighted by molar-refractivity contribution is 5.27. The fourth-order valence-corrected chi connectivity index (χ4v) is 1.20. The van der Waals surface area contributed by atoms with Crippen LogP contribution in [0.2, 0.25) is 0 Å². The molecular weight excluding hydrogens is 225 g/mol. The van der Waals surface area contributed by atoms with E-state index in [4.69, 9.17) is 10.5 Å². The first kappa shape index (κ1) is 11.3. The Morgan fingerprint density at radius 2 is 2.18 bits per heavy atom. The molecule has 0 saturated heterocycles. The van der Waals surface area contributed by atoms with Crippen LogP contribution in [-0.4, -0.2) is 19.7 Å². The van der Waals surface area contributed by atoms with E-state index in [1.54, 1.807) is 10.9 Å². The summed E-state index contributed by atoms with van der Waals surface area (Å²) in [5.74, 6) is -0.523. The van der Waals surface area contributed by atoms with Crippen molar-refractivity contribution in [2.24, 2.45) is 0 Å². The second-order valence-corrected chi connectivity index (χ2v) is 3.73. The van der Waals surface area contributed by atoms with E-state index in [0.717, 1.165) is 6.20 Å². The monoisotopic (exact) mass is 237 g/mol. The maximum atomic E-state index is 13.3. The Labute approximate surface area is 97.2 Å². The van der Waals surface area contributed by atoms with Crippen molar-refractivity contribution in [1.82, 2.24) is 19.7 Å². The molecule has 0 unspecified atom stereocenters. The molecule has 0 spiro atoms. The highest BCUT2D eigenvalue weighted by atomic mass is 19.1. The van der Waals surface area contributed by atoms with E-state index in [0.29, 0.717) is 5.75 Å². The lowest BCUT2D eigenvalue weighted by Crippen LogP contribution is -2.00. The van der Waals surface area contributed by atoms with Crippen LogP contribution >= 0.6 is 0 Å². The second-order valence-electron chi connectivity index (χ2n) is 3.73. The van der Waals surface area contributed by atoms with Crippen LogP contribution < -0.4 is 10.5 Å². The van der Waals surface area contributed by atoms with Crippen LogP contribution in [-0.2, 0) is 0 Å². The van der Waals surface area contributed by atoms with E-state index in [2.05, 4.69) is 15.1 Å². The third-order valence-corrected chi connectivity index (χ3v) is 2.05. The van der Waals surface area contributed by atoms with Gasteiger partial charge in [0.25, 0.3) is 5.88 Å². The van der Waals surface area contributed by atoms with Crippen molar-refractivity contribution in [1.29, 1.82) is 0 Å². The van der Waals surface area contributed by atoms with E-state index in [-0.39, 0.29) is 17.9 Å². The number of hydrogen-bond acceptors (Lipinski definition) is 5. The van der Waals surface area contributed by atoms with E-state index < -0.39 is 5.82 Å². The number of aromatic nitrogens is 4. The van der Waals surface area contributed by atoms with Gasteiger partial charge in [-0.15, -0.1) is 0 Å². The van der Waals surface area contributed by atoms with Gasteiger partial charge in [-0.2, -0.15) is 14.5 Å². The zero-order chi connectivity index (χ0) is 12.4. The van der Waals surface area contributed by atoms with Gasteiger partial charge in [-0.25, -0.2) is 4.98 Å². The molecule has 6 nitrogen and oxygen atoms in total. The number of ether oxygens (including phenoxy) is 1. The van der Waals surface area contributed by atoms with Gasteiger partial charge in [0.15, 0.2) is 5.75 Å². The summed E-state index contributed by atoms with van der Waals surface area (Å²) in [6.45, 7) is 3.94. The molecule has 0 atom stereocenters. The van der Waals surface area contributed by atoms with Gasteiger partial charge in [-0.1, -0.05) is 0 Å². The highest BCUT2D eigenvalue weighted by Gasteiger charge is 2.10. The van der Waals surface area contributed by atoms with E-state index in [1.165, 1.54) is 6.20 Å². The summed E-state index contributed by atoms with van der Waals surface area (Å²) in [4.78, 5) is 7.16. The van der Waals surface area contributed by atoms with Crippen molar-refractivity contribution in [2.75, 3.05) is 5.73 Å². The number of anilines is 1. The van der Waals surface area contributed by atoms with Crippen LogP contribution in [0.3, 0.4) is 0 Å². The molecule has 2 rings (SSSR count). The summed E-state index contributed by atoms with van der Waals surface area (Å²) >= 11 is 0. The summed E-state index contributed by atoms with van der Waals surface area (Å²) in [6, 6.07) is 0.202. The van der Waals surface area contributed by atoms with Crippen molar-refractivity contribution in [3.8, 4) is 11.6 Å². The molecule has 2 aromatic rings. The highest BCUT2D eigenvalue weighted by Crippen LogP contribution is 2.22. The summed E-state index contributed by atoms with van der Waals surface area (Å²) in [6.07, 6.45) is 4.10. The van der Waals surface area contributed by atoms with E-state index in [1.807, 2.05) is 13.8 Å². The number of nitrogen functional groups attached to an aromatic ring is 1. The maximum absolute atomic E-state index is 13.3. The fourth-order valence-electron chi connectivity index (χ4n) is 1.20. The van der Waals surface area contributed by atoms with Crippen LogP contribution in [0.25, 0.3) is 0 Å². The summed E-state index contributed by atoms with van der Waals surface area (Å²) < 4.78 is 20.2. The van der Waals surface area contributed by atoms with Crippen LogP contribution in [0.5, 0.6) is 11.6 Å². The number of nitrogens with two attached hydrogens (primary N) is 1. The quantitative estimate of drug-likeness (QED) is 0.880. The SMILES string of the molecule is CC(C)n1cc(Oc2nc(N)ncc2F)cn1. The van der Waals surface area contributed by atoms with Gasteiger partial charge in [-0.05, 0) is 13.8 Å². The van der Waals surface area contributed by atoms with E-state index >= 15 is 0 Å². The van der Waals surface area contributed by atoms with Crippen LogP contribution in [0, 0.1) is 5.82 Å².